The zero-order valence-electron chi connectivity index (χ0n) is 10.7. The lowest BCUT2D eigenvalue weighted by Crippen LogP contribution is -2.52. The number of esters is 2. The Kier molecular flexibility index (Phi) is 2.58. The number of ether oxygens (including phenoxy) is 5. The number of hydrogen-bond donors (Lipinski definition) is 0. The van der Waals surface area contributed by atoms with Gasteiger partial charge in [-0.3, -0.25) is 9.53 Å². The molecule has 0 aromatic carbocycles. The van der Waals surface area contributed by atoms with Gasteiger partial charge in [-0.15, -0.1) is 0 Å². The van der Waals surface area contributed by atoms with E-state index in [0.717, 1.165) is 0 Å². The summed E-state index contributed by atoms with van der Waals surface area (Å²) in [5.74, 6) is -3.54. The summed E-state index contributed by atoms with van der Waals surface area (Å²) >= 11 is 0. The van der Waals surface area contributed by atoms with Gasteiger partial charge in [0.2, 0.25) is 0 Å². The summed E-state index contributed by atoms with van der Waals surface area (Å²) in [4.78, 5) is 24.0. The number of methoxy groups -OCH3 is 2. The van der Waals surface area contributed by atoms with Gasteiger partial charge < -0.3 is 18.9 Å². The Labute approximate surface area is 109 Å². The molecule has 0 amide bonds. The molecule has 5 atom stereocenters. The first-order chi connectivity index (χ1) is 9.03. The van der Waals surface area contributed by atoms with Gasteiger partial charge in [0.15, 0.2) is 12.4 Å². The van der Waals surface area contributed by atoms with E-state index >= 15 is 0 Å². The summed E-state index contributed by atoms with van der Waals surface area (Å²) in [5, 5.41) is 0. The largest absolute Gasteiger partial charge is 0.464 e. The van der Waals surface area contributed by atoms with E-state index in [-0.39, 0.29) is 0 Å². The van der Waals surface area contributed by atoms with Crippen LogP contribution >= 0.6 is 0 Å². The molecule has 0 N–H and O–H groups in total. The molecular formula is C12H14O7. The zero-order chi connectivity index (χ0) is 13.8. The van der Waals surface area contributed by atoms with Crippen LogP contribution in [-0.4, -0.2) is 44.3 Å². The van der Waals surface area contributed by atoms with E-state index in [1.165, 1.54) is 14.2 Å². The molecule has 3 aliphatic heterocycles. The molecule has 104 valence electrons. The van der Waals surface area contributed by atoms with Gasteiger partial charge in [-0.05, 0) is 13.0 Å². The van der Waals surface area contributed by atoms with Crippen molar-refractivity contribution in [3.8, 4) is 0 Å². The standard InChI is InChI=1S/C12H14O7/c1-5-4-6-7-8(17-9(6)13)10(15-2)19-12(7,18-5)11(14)16-3/h4,6-8,10H,1-3H3/t6-,7+,8-,10-,12+/m0/s1. The predicted molar refractivity (Wildman–Crippen MR) is 58.3 cm³/mol. The second-order valence-corrected chi connectivity index (χ2v) is 4.71. The van der Waals surface area contributed by atoms with E-state index in [1.54, 1.807) is 13.0 Å². The van der Waals surface area contributed by atoms with Gasteiger partial charge in [0.1, 0.15) is 0 Å². The fourth-order valence-electron chi connectivity index (χ4n) is 2.97. The van der Waals surface area contributed by atoms with Crippen molar-refractivity contribution in [2.75, 3.05) is 14.2 Å². The summed E-state index contributed by atoms with van der Waals surface area (Å²) in [6.07, 6.45) is 0.110. The van der Waals surface area contributed by atoms with Gasteiger partial charge in [0.05, 0.1) is 24.7 Å². The molecule has 19 heavy (non-hydrogen) atoms. The van der Waals surface area contributed by atoms with Crippen LogP contribution in [0.5, 0.6) is 0 Å². The number of carbonyl (C=O) groups excluding carboxylic acids is 2. The van der Waals surface area contributed by atoms with Gasteiger partial charge in [-0.1, -0.05) is 0 Å². The lowest BCUT2D eigenvalue weighted by molar-refractivity contribution is -0.274. The second-order valence-electron chi connectivity index (χ2n) is 4.71. The third-order valence-corrected chi connectivity index (χ3v) is 3.69. The summed E-state index contributed by atoms with van der Waals surface area (Å²) in [6, 6.07) is 0. The number of allylic oxidation sites excluding steroid dienone is 1. The highest BCUT2D eigenvalue weighted by molar-refractivity contribution is 5.85. The fraction of sp³-hybridized carbons (Fsp3) is 0.667. The Balaban J connectivity index is 2.10. The predicted octanol–water partition coefficient (Wildman–Crippen LogP) is -0.0498. The van der Waals surface area contributed by atoms with Crippen LogP contribution in [0.1, 0.15) is 6.92 Å². The molecule has 2 fully saturated rings. The van der Waals surface area contributed by atoms with Crippen molar-refractivity contribution in [2.24, 2.45) is 11.8 Å². The minimum Gasteiger partial charge on any atom is -0.464 e. The van der Waals surface area contributed by atoms with Crippen LogP contribution in [0.25, 0.3) is 0 Å². The van der Waals surface area contributed by atoms with Crippen molar-refractivity contribution in [1.82, 2.24) is 0 Å². The molecular weight excluding hydrogens is 256 g/mol. The van der Waals surface area contributed by atoms with Crippen molar-refractivity contribution in [3.05, 3.63) is 11.8 Å². The summed E-state index contributed by atoms with van der Waals surface area (Å²) in [6.45, 7) is 1.64. The van der Waals surface area contributed by atoms with Gasteiger partial charge in [0.25, 0.3) is 0 Å². The molecule has 0 saturated carbocycles. The molecule has 7 heteroatoms. The molecule has 7 nitrogen and oxygen atoms in total. The lowest BCUT2D eigenvalue weighted by Gasteiger charge is -2.35. The van der Waals surface area contributed by atoms with Crippen LogP contribution in [0.2, 0.25) is 0 Å². The molecule has 0 unspecified atom stereocenters. The highest BCUT2D eigenvalue weighted by Gasteiger charge is 2.72. The zero-order valence-corrected chi connectivity index (χ0v) is 10.7. The molecule has 3 heterocycles. The maximum atomic E-state index is 12.1. The Morgan fingerprint density at radius 1 is 1.42 bits per heavy atom. The van der Waals surface area contributed by atoms with E-state index < -0.39 is 42.0 Å². The van der Waals surface area contributed by atoms with Crippen molar-refractivity contribution < 1.29 is 33.3 Å². The molecule has 3 rings (SSSR count). The first-order valence-electron chi connectivity index (χ1n) is 5.90. The summed E-state index contributed by atoms with van der Waals surface area (Å²) in [5.41, 5.74) is 0. The van der Waals surface area contributed by atoms with Crippen LogP contribution in [0.3, 0.4) is 0 Å². The smallest absolute Gasteiger partial charge is 0.380 e. The van der Waals surface area contributed by atoms with Gasteiger partial charge >= 0.3 is 17.7 Å². The average Bonchev–Trinajstić information content (AvgIpc) is 2.88. The lowest BCUT2D eigenvalue weighted by atomic mass is 9.82. The fourth-order valence-corrected chi connectivity index (χ4v) is 2.97. The van der Waals surface area contributed by atoms with Crippen LogP contribution in [0, 0.1) is 11.8 Å². The van der Waals surface area contributed by atoms with Gasteiger partial charge in [-0.25, -0.2) is 4.79 Å². The van der Waals surface area contributed by atoms with Crippen LogP contribution in [0.15, 0.2) is 11.8 Å². The minimum atomic E-state index is -1.67. The van der Waals surface area contributed by atoms with E-state index in [9.17, 15) is 9.59 Å². The van der Waals surface area contributed by atoms with E-state index in [1.807, 2.05) is 0 Å². The van der Waals surface area contributed by atoms with Crippen molar-refractivity contribution in [2.45, 2.75) is 25.1 Å². The Bertz CT molecular complexity index is 471. The molecule has 0 aliphatic carbocycles. The van der Waals surface area contributed by atoms with Crippen molar-refractivity contribution in [1.29, 1.82) is 0 Å². The average molecular weight is 270 g/mol. The molecule has 0 radical (unpaired) electrons. The minimum absolute atomic E-state index is 0.406. The first-order valence-corrected chi connectivity index (χ1v) is 5.90. The molecule has 0 aromatic rings. The SMILES string of the molecule is COC(=O)[C@]12OC(C)=C[C@@H]3C(=O)O[C@H]([C@@H](OC)O1)[C@@H]32. The van der Waals surface area contributed by atoms with E-state index in [2.05, 4.69) is 0 Å². The Hall–Kier alpha value is -1.60. The number of carbonyl (C=O) groups is 2. The Morgan fingerprint density at radius 3 is 2.79 bits per heavy atom. The van der Waals surface area contributed by atoms with Crippen LogP contribution < -0.4 is 0 Å². The molecule has 2 saturated heterocycles. The normalized spacial score (nSPS) is 43.1. The van der Waals surface area contributed by atoms with E-state index in [0.29, 0.717) is 5.76 Å². The topological polar surface area (TPSA) is 80.3 Å². The monoisotopic (exact) mass is 270 g/mol. The third kappa shape index (κ3) is 1.45. The van der Waals surface area contributed by atoms with Crippen LogP contribution in [0.4, 0.5) is 0 Å². The number of hydrogen-bond acceptors (Lipinski definition) is 7. The van der Waals surface area contributed by atoms with Gasteiger partial charge in [0, 0.05) is 7.11 Å². The van der Waals surface area contributed by atoms with Crippen molar-refractivity contribution >= 4 is 11.9 Å². The molecule has 0 spiro atoms. The molecule has 3 aliphatic rings. The summed E-state index contributed by atoms with van der Waals surface area (Å²) in [7, 11) is 2.65. The van der Waals surface area contributed by atoms with Crippen molar-refractivity contribution in [3.63, 3.8) is 0 Å². The summed E-state index contributed by atoms with van der Waals surface area (Å²) < 4.78 is 26.3. The van der Waals surface area contributed by atoms with E-state index in [4.69, 9.17) is 23.7 Å². The highest BCUT2D eigenvalue weighted by atomic mass is 16.8. The third-order valence-electron chi connectivity index (χ3n) is 3.69. The van der Waals surface area contributed by atoms with Crippen LogP contribution in [-0.2, 0) is 33.3 Å². The Morgan fingerprint density at radius 2 is 2.16 bits per heavy atom. The van der Waals surface area contributed by atoms with Gasteiger partial charge in [-0.2, -0.15) is 0 Å². The maximum Gasteiger partial charge on any atom is 0.380 e. The molecule has 0 aromatic heterocycles. The first kappa shape index (κ1) is 12.4. The quantitative estimate of drug-likeness (QED) is 0.651. The maximum absolute atomic E-state index is 12.1. The second kappa shape index (κ2) is 3.94. The molecule has 0 bridgehead atoms. The number of rotatable bonds is 2. The highest BCUT2D eigenvalue weighted by Crippen LogP contribution is 2.52.